The van der Waals surface area contributed by atoms with E-state index in [9.17, 15) is 18.0 Å². The van der Waals surface area contributed by atoms with Gasteiger partial charge in [0.2, 0.25) is 0 Å². The molecule has 1 aliphatic carbocycles. The number of alkyl halides is 3. The number of benzene rings is 1. The average molecular weight is 336 g/mol. The molecule has 0 saturated heterocycles. The minimum Gasteiger partial charge on any atom is -0.406 e. The van der Waals surface area contributed by atoms with Gasteiger partial charge in [-0.2, -0.15) is 0 Å². The highest BCUT2D eigenvalue weighted by atomic mass is 19.4. The summed E-state index contributed by atoms with van der Waals surface area (Å²) in [7, 11) is 0. The third-order valence-corrected chi connectivity index (χ3v) is 4.01. The van der Waals surface area contributed by atoms with Crippen LogP contribution in [-0.2, 0) is 12.8 Å². The molecule has 1 aliphatic rings. The van der Waals surface area contributed by atoms with Crippen molar-refractivity contribution in [3.63, 3.8) is 0 Å². The molecule has 126 valence electrons. The van der Waals surface area contributed by atoms with Gasteiger partial charge in [0.1, 0.15) is 11.6 Å². The standard InChI is InChI=1S/C17H15F3N2O2/c1-10-21-9-13-8-12(4-7-15(13)22-10)16(23)11-2-5-14(6-3-11)24-17(18,19)20/h2-3,5-6,9,12H,4,7-8H2,1H3. The zero-order valence-electron chi connectivity index (χ0n) is 12.9. The number of carbonyl (C=O) groups excluding carboxylic acids is 1. The van der Waals surface area contributed by atoms with Crippen LogP contribution in [0.15, 0.2) is 30.5 Å². The maximum atomic E-state index is 12.6. The number of hydrogen-bond donors (Lipinski definition) is 0. The second-order valence-corrected chi connectivity index (χ2v) is 5.77. The lowest BCUT2D eigenvalue weighted by Gasteiger charge is -2.22. The van der Waals surface area contributed by atoms with Gasteiger partial charge in [0.15, 0.2) is 5.78 Å². The van der Waals surface area contributed by atoms with Crippen LogP contribution in [0.2, 0.25) is 0 Å². The molecule has 0 spiro atoms. The van der Waals surface area contributed by atoms with Gasteiger partial charge in [-0.25, -0.2) is 9.97 Å². The van der Waals surface area contributed by atoms with Gasteiger partial charge in [-0.05, 0) is 56.0 Å². The van der Waals surface area contributed by atoms with E-state index in [2.05, 4.69) is 14.7 Å². The molecule has 0 fully saturated rings. The predicted octanol–water partition coefficient (Wildman–Crippen LogP) is 3.67. The van der Waals surface area contributed by atoms with Crippen LogP contribution < -0.4 is 4.74 Å². The van der Waals surface area contributed by atoms with Gasteiger partial charge in [-0.1, -0.05) is 0 Å². The first kappa shape index (κ1) is 16.4. The quantitative estimate of drug-likeness (QED) is 0.803. The molecule has 0 radical (unpaired) electrons. The number of carbonyl (C=O) groups is 1. The number of fused-ring (bicyclic) bond motifs is 1. The molecule has 0 bridgehead atoms. The van der Waals surface area contributed by atoms with E-state index >= 15 is 0 Å². The van der Waals surface area contributed by atoms with Crippen molar-refractivity contribution in [2.75, 3.05) is 0 Å². The lowest BCUT2D eigenvalue weighted by atomic mass is 9.82. The van der Waals surface area contributed by atoms with Crippen LogP contribution in [0.4, 0.5) is 13.2 Å². The van der Waals surface area contributed by atoms with E-state index in [0.717, 1.165) is 23.4 Å². The molecule has 4 nitrogen and oxygen atoms in total. The minimum atomic E-state index is -4.74. The molecule has 0 aliphatic heterocycles. The van der Waals surface area contributed by atoms with Crippen LogP contribution in [-0.4, -0.2) is 22.1 Å². The van der Waals surface area contributed by atoms with Crippen LogP contribution in [0.25, 0.3) is 0 Å². The second-order valence-electron chi connectivity index (χ2n) is 5.77. The van der Waals surface area contributed by atoms with E-state index in [1.54, 1.807) is 6.20 Å². The first-order valence-electron chi connectivity index (χ1n) is 7.53. The summed E-state index contributed by atoms with van der Waals surface area (Å²) in [4.78, 5) is 21.1. The maximum Gasteiger partial charge on any atom is 0.573 e. The van der Waals surface area contributed by atoms with Crippen molar-refractivity contribution in [1.82, 2.24) is 9.97 Å². The molecule has 1 unspecified atom stereocenters. The monoisotopic (exact) mass is 336 g/mol. The SMILES string of the molecule is Cc1ncc2c(n1)CCC(C(=O)c1ccc(OC(F)(F)F)cc1)C2. The van der Waals surface area contributed by atoms with Crippen molar-refractivity contribution in [2.45, 2.75) is 32.5 Å². The number of ether oxygens (including phenoxy) is 1. The Kier molecular flexibility index (Phi) is 4.26. The predicted molar refractivity (Wildman–Crippen MR) is 79.7 cm³/mol. The lowest BCUT2D eigenvalue weighted by Crippen LogP contribution is -2.24. The Morgan fingerprint density at radius 2 is 1.96 bits per heavy atom. The van der Waals surface area contributed by atoms with E-state index in [0.29, 0.717) is 30.7 Å². The highest BCUT2D eigenvalue weighted by Gasteiger charge is 2.31. The minimum absolute atomic E-state index is 0.0835. The Hall–Kier alpha value is -2.44. The number of hydrogen-bond acceptors (Lipinski definition) is 4. The highest BCUT2D eigenvalue weighted by Crippen LogP contribution is 2.28. The van der Waals surface area contributed by atoms with Crippen LogP contribution in [0.1, 0.15) is 33.9 Å². The van der Waals surface area contributed by atoms with Crippen LogP contribution in [0.5, 0.6) is 5.75 Å². The maximum absolute atomic E-state index is 12.6. The summed E-state index contributed by atoms with van der Waals surface area (Å²) in [5.41, 5.74) is 2.31. The van der Waals surface area contributed by atoms with Gasteiger partial charge in [0, 0.05) is 23.4 Å². The van der Waals surface area contributed by atoms with Crippen molar-refractivity contribution < 1.29 is 22.7 Å². The molecule has 1 heterocycles. The molecule has 1 aromatic carbocycles. The number of ketones is 1. The summed E-state index contributed by atoms with van der Waals surface area (Å²) in [6.45, 7) is 1.82. The third-order valence-electron chi connectivity index (χ3n) is 4.01. The zero-order chi connectivity index (χ0) is 17.3. The first-order chi connectivity index (χ1) is 11.3. The molecule has 0 saturated carbocycles. The first-order valence-corrected chi connectivity index (χ1v) is 7.53. The Morgan fingerprint density at radius 3 is 2.62 bits per heavy atom. The Labute approximate surface area is 136 Å². The molecule has 7 heteroatoms. The van der Waals surface area contributed by atoms with Crippen molar-refractivity contribution in [2.24, 2.45) is 5.92 Å². The highest BCUT2D eigenvalue weighted by molar-refractivity contribution is 5.98. The number of aromatic nitrogens is 2. The number of rotatable bonds is 3. The summed E-state index contributed by atoms with van der Waals surface area (Å²) in [6, 6.07) is 5.04. The molecule has 2 aromatic rings. The van der Waals surface area contributed by atoms with Gasteiger partial charge in [-0.3, -0.25) is 4.79 Å². The summed E-state index contributed by atoms with van der Waals surface area (Å²) in [6.07, 6.45) is -1.07. The molecule has 1 atom stereocenters. The van der Waals surface area contributed by atoms with E-state index < -0.39 is 6.36 Å². The summed E-state index contributed by atoms with van der Waals surface area (Å²) < 4.78 is 40.3. The second kappa shape index (κ2) is 6.22. The van der Waals surface area contributed by atoms with Gasteiger partial charge >= 0.3 is 6.36 Å². The van der Waals surface area contributed by atoms with Crippen LogP contribution in [0.3, 0.4) is 0 Å². The fraction of sp³-hybridized carbons (Fsp3) is 0.353. The fourth-order valence-corrected chi connectivity index (χ4v) is 2.89. The molecule has 24 heavy (non-hydrogen) atoms. The molecular formula is C17H15F3N2O2. The third kappa shape index (κ3) is 3.72. The van der Waals surface area contributed by atoms with E-state index in [1.807, 2.05) is 6.92 Å². The van der Waals surface area contributed by atoms with E-state index in [-0.39, 0.29) is 17.5 Å². The van der Waals surface area contributed by atoms with Crippen LogP contribution in [0, 0.1) is 12.8 Å². The van der Waals surface area contributed by atoms with Gasteiger partial charge < -0.3 is 4.74 Å². The number of aryl methyl sites for hydroxylation is 2. The van der Waals surface area contributed by atoms with Crippen molar-refractivity contribution >= 4 is 5.78 Å². The van der Waals surface area contributed by atoms with E-state index in [4.69, 9.17) is 0 Å². The zero-order valence-corrected chi connectivity index (χ0v) is 12.9. The molecule has 0 N–H and O–H groups in total. The van der Waals surface area contributed by atoms with Crippen molar-refractivity contribution in [1.29, 1.82) is 0 Å². The van der Waals surface area contributed by atoms with Crippen molar-refractivity contribution in [3.8, 4) is 5.75 Å². The molecular weight excluding hydrogens is 321 g/mol. The molecule has 1 aromatic heterocycles. The number of nitrogens with zero attached hydrogens (tertiary/aromatic N) is 2. The van der Waals surface area contributed by atoms with Crippen molar-refractivity contribution in [3.05, 3.63) is 53.1 Å². The Morgan fingerprint density at radius 1 is 1.25 bits per heavy atom. The normalized spacial score (nSPS) is 17.2. The van der Waals surface area contributed by atoms with Gasteiger partial charge in [0.05, 0.1) is 0 Å². The summed E-state index contributed by atoms with van der Waals surface area (Å²) in [5, 5.41) is 0. The number of Topliss-reactive ketones (excluding diaryl/α,β-unsaturated/α-hetero) is 1. The Balaban J connectivity index is 1.72. The molecule has 3 rings (SSSR count). The van der Waals surface area contributed by atoms with Crippen LogP contribution >= 0.6 is 0 Å². The number of halogens is 3. The largest absolute Gasteiger partial charge is 0.573 e. The lowest BCUT2D eigenvalue weighted by molar-refractivity contribution is -0.274. The smallest absolute Gasteiger partial charge is 0.406 e. The summed E-state index contributed by atoms with van der Waals surface area (Å²) in [5.74, 6) is 0.0775. The van der Waals surface area contributed by atoms with E-state index in [1.165, 1.54) is 12.1 Å². The van der Waals surface area contributed by atoms with Gasteiger partial charge in [0.25, 0.3) is 0 Å². The topological polar surface area (TPSA) is 52.1 Å². The van der Waals surface area contributed by atoms with Gasteiger partial charge in [-0.15, -0.1) is 13.2 Å². The average Bonchev–Trinajstić information content (AvgIpc) is 2.53. The Bertz CT molecular complexity index is 757. The molecule has 0 amide bonds. The fourth-order valence-electron chi connectivity index (χ4n) is 2.89. The summed E-state index contributed by atoms with van der Waals surface area (Å²) >= 11 is 0.